The zero-order chi connectivity index (χ0) is 20.5. The van der Waals surface area contributed by atoms with Gasteiger partial charge < -0.3 is 19.8 Å². The largest absolute Gasteiger partial charge is 0.442 e. The van der Waals surface area contributed by atoms with Crippen molar-refractivity contribution >= 4 is 16.9 Å². The normalized spacial score (nSPS) is 11.8. The molecule has 1 amide bonds. The average molecular weight is 387 g/mol. The van der Waals surface area contributed by atoms with Crippen molar-refractivity contribution in [2.24, 2.45) is 12.8 Å². The summed E-state index contributed by atoms with van der Waals surface area (Å²) in [6.07, 6.45) is 2.18. The summed E-state index contributed by atoms with van der Waals surface area (Å²) in [7, 11) is 1.83. The van der Waals surface area contributed by atoms with Gasteiger partial charge in [0.05, 0.1) is 11.6 Å². The first-order valence-electron chi connectivity index (χ1n) is 8.77. The number of fused-ring (bicyclic) bond motifs is 1. The lowest BCUT2D eigenvalue weighted by Gasteiger charge is -2.06. The van der Waals surface area contributed by atoms with Crippen molar-refractivity contribution < 1.29 is 14.3 Å². The molecule has 8 heteroatoms. The predicted octanol–water partition coefficient (Wildman–Crippen LogP) is 2.12. The highest BCUT2D eigenvalue weighted by Gasteiger charge is 2.15. The number of hydrogen-bond donors (Lipinski definition) is 2. The van der Waals surface area contributed by atoms with Gasteiger partial charge in [0, 0.05) is 24.4 Å². The summed E-state index contributed by atoms with van der Waals surface area (Å²) in [4.78, 5) is 24.7. The van der Waals surface area contributed by atoms with Crippen LogP contribution in [0.3, 0.4) is 0 Å². The average Bonchev–Trinajstić information content (AvgIpc) is 3.31. The van der Waals surface area contributed by atoms with Crippen molar-refractivity contribution in [1.82, 2.24) is 19.5 Å². The van der Waals surface area contributed by atoms with Crippen molar-refractivity contribution in [1.29, 1.82) is 0 Å². The van der Waals surface area contributed by atoms with E-state index in [2.05, 4.69) is 26.8 Å². The molecule has 0 aliphatic rings. The Labute approximate surface area is 166 Å². The molecular formula is C21H17N5O3. The number of nitrogens with two attached hydrogens (primary N) is 1. The lowest BCUT2D eigenvalue weighted by atomic mass is 10.1. The van der Waals surface area contributed by atoms with Gasteiger partial charge in [-0.25, -0.2) is 15.0 Å². The molecule has 4 aromatic rings. The number of carbonyl (C=O) groups excluding carboxylic acids is 1. The van der Waals surface area contributed by atoms with Crippen LogP contribution >= 0.6 is 0 Å². The molecule has 144 valence electrons. The fourth-order valence-electron chi connectivity index (χ4n) is 2.90. The van der Waals surface area contributed by atoms with E-state index in [0.29, 0.717) is 33.7 Å². The summed E-state index contributed by atoms with van der Waals surface area (Å²) in [6, 6.07) is 8.93. The molecule has 3 N–H and O–H groups in total. The van der Waals surface area contributed by atoms with Gasteiger partial charge in [0.25, 0.3) is 5.91 Å². The molecule has 0 saturated heterocycles. The van der Waals surface area contributed by atoms with Crippen LogP contribution in [0.2, 0.25) is 0 Å². The number of oxazole rings is 1. The minimum Gasteiger partial charge on any atom is -0.442 e. The lowest BCUT2D eigenvalue weighted by molar-refractivity contribution is 0.0997. The van der Waals surface area contributed by atoms with E-state index >= 15 is 0 Å². The van der Waals surface area contributed by atoms with Gasteiger partial charge in [-0.05, 0) is 25.1 Å². The number of hydrogen-bond acceptors (Lipinski definition) is 6. The van der Waals surface area contributed by atoms with E-state index in [1.807, 2.05) is 13.1 Å². The maximum absolute atomic E-state index is 11.8. The zero-order valence-corrected chi connectivity index (χ0v) is 15.7. The van der Waals surface area contributed by atoms with Gasteiger partial charge in [-0.3, -0.25) is 4.79 Å². The molecule has 1 unspecified atom stereocenters. The number of carbonyl (C=O) groups is 1. The van der Waals surface area contributed by atoms with Gasteiger partial charge in [-0.1, -0.05) is 24.0 Å². The summed E-state index contributed by atoms with van der Waals surface area (Å²) in [6.45, 7) is 1.74. The second kappa shape index (κ2) is 7.22. The molecule has 3 aromatic heterocycles. The number of primary amides is 1. The topological polar surface area (TPSA) is 120 Å². The Morgan fingerprint density at radius 2 is 2.14 bits per heavy atom. The number of amides is 1. The number of benzene rings is 1. The molecule has 3 heterocycles. The Morgan fingerprint density at radius 1 is 1.31 bits per heavy atom. The molecule has 0 bridgehead atoms. The third kappa shape index (κ3) is 3.59. The van der Waals surface area contributed by atoms with Crippen molar-refractivity contribution in [3.63, 3.8) is 0 Å². The first-order chi connectivity index (χ1) is 13.9. The Hall–Kier alpha value is -3.96. The molecule has 0 saturated carbocycles. The summed E-state index contributed by atoms with van der Waals surface area (Å²) < 4.78 is 7.07. The molecule has 1 atom stereocenters. The summed E-state index contributed by atoms with van der Waals surface area (Å²) in [5.74, 6) is 6.08. The minimum atomic E-state index is -1.13. The highest BCUT2D eigenvalue weighted by Crippen LogP contribution is 2.23. The SMILES string of the molecule is Cc1cnc(C(O)C#Cc2cccc(-c3nc(C(N)=O)c4ccn(C)c4n3)c2)o1. The predicted molar refractivity (Wildman–Crippen MR) is 106 cm³/mol. The zero-order valence-electron chi connectivity index (χ0n) is 15.7. The number of aromatic nitrogens is 4. The molecule has 0 aliphatic carbocycles. The van der Waals surface area contributed by atoms with Gasteiger partial charge >= 0.3 is 0 Å². The van der Waals surface area contributed by atoms with Gasteiger partial charge in [0.15, 0.2) is 11.9 Å². The summed E-state index contributed by atoms with van der Waals surface area (Å²) in [5.41, 5.74) is 7.58. The second-order valence-electron chi connectivity index (χ2n) is 6.49. The Kier molecular flexibility index (Phi) is 4.58. The standard InChI is InChI=1S/C21H17N5O3/c1-12-11-23-21(29-12)16(27)7-6-13-4-3-5-14(10-13)19-24-17(18(22)28)15-8-9-26(2)20(15)25-19/h3-5,8-11,16,27H,1-2H3,(H2,22,28). The fourth-order valence-corrected chi connectivity index (χ4v) is 2.90. The van der Waals surface area contributed by atoms with Gasteiger partial charge in [0.2, 0.25) is 5.89 Å². The Bertz CT molecular complexity index is 1290. The van der Waals surface area contributed by atoms with Crippen molar-refractivity contribution in [2.45, 2.75) is 13.0 Å². The van der Waals surface area contributed by atoms with Crippen LogP contribution in [0.5, 0.6) is 0 Å². The minimum absolute atomic E-state index is 0.148. The van der Waals surface area contributed by atoms with E-state index in [0.717, 1.165) is 0 Å². The second-order valence-corrected chi connectivity index (χ2v) is 6.49. The quantitative estimate of drug-likeness (QED) is 0.520. The van der Waals surface area contributed by atoms with E-state index < -0.39 is 12.0 Å². The van der Waals surface area contributed by atoms with Crippen LogP contribution in [-0.2, 0) is 7.05 Å². The molecule has 4 rings (SSSR count). The van der Waals surface area contributed by atoms with Crippen LogP contribution in [0, 0.1) is 18.8 Å². The molecule has 0 aliphatic heterocycles. The van der Waals surface area contributed by atoms with Crippen LogP contribution in [0.25, 0.3) is 22.4 Å². The van der Waals surface area contributed by atoms with Crippen LogP contribution < -0.4 is 5.73 Å². The van der Waals surface area contributed by atoms with E-state index in [1.165, 1.54) is 6.20 Å². The van der Waals surface area contributed by atoms with Gasteiger partial charge in [-0.2, -0.15) is 0 Å². The van der Waals surface area contributed by atoms with Gasteiger partial charge in [0.1, 0.15) is 17.1 Å². The molecular weight excluding hydrogens is 370 g/mol. The van der Waals surface area contributed by atoms with E-state index in [1.54, 1.807) is 42.0 Å². The van der Waals surface area contributed by atoms with Crippen LogP contribution in [0.4, 0.5) is 0 Å². The highest BCUT2D eigenvalue weighted by molar-refractivity contribution is 6.03. The van der Waals surface area contributed by atoms with E-state index in [-0.39, 0.29) is 11.6 Å². The number of aliphatic hydroxyl groups excluding tert-OH is 1. The van der Waals surface area contributed by atoms with Crippen LogP contribution in [0.15, 0.2) is 47.1 Å². The molecule has 0 spiro atoms. The highest BCUT2D eigenvalue weighted by atomic mass is 16.4. The Morgan fingerprint density at radius 3 is 2.86 bits per heavy atom. The maximum atomic E-state index is 11.8. The third-order valence-corrected chi connectivity index (χ3v) is 4.30. The number of aliphatic hydroxyl groups is 1. The van der Waals surface area contributed by atoms with Crippen LogP contribution in [-0.4, -0.2) is 30.5 Å². The Balaban J connectivity index is 1.72. The van der Waals surface area contributed by atoms with Crippen LogP contribution in [0.1, 0.15) is 33.8 Å². The monoisotopic (exact) mass is 387 g/mol. The van der Waals surface area contributed by atoms with E-state index in [4.69, 9.17) is 10.2 Å². The number of nitrogens with zero attached hydrogens (tertiary/aromatic N) is 4. The molecule has 8 nitrogen and oxygen atoms in total. The fraction of sp³-hybridized carbons (Fsp3) is 0.143. The van der Waals surface area contributed by atoms with E-state index in [9.17, 15) is 9.90 Å². The first-order valence-corrected chi connectivity index (χ1v) is 8.77. The third-order valence-electron chi connectivity index (χ3n) is 4.30. The van der Waals surface area contributed by atoms with Crippen molar-refractivity contribution in [3.8, 4) is 23.2 Å². The van der Waals surface area contributed by atoms with Gasteiger partial charge in [-0.15, -0.1) is 0 Å². The number of aryl methyl sites for hydroxylation is 2. The first kappa shape index (κ1) is 18.4. The van der Waals surface area contributed by atoms with Crippen molar-refractivity contribution in [2.75, 3.05) is 0 Å². The molecule has 29 heavy (non-hydrogen) atoms. The molecule has 0 fully saturated rings. The van der Waals surface area contributed by atoms with Crippen molar-refractivity contribution in [3.05, 3.63) is 65.6 Å². The number of rotatable bonds is 3. The maximum Gasteiger partial charge on any atom is 0.268 e. The summed E-state index contributed by atoms with van der Waals surface area (Å²) in [5, 5.41) is 10.7. The lowest BCUT2D eigenvalue weighted by Crippen LogP contribution is -2.14. The smallest absolute Gasteiger partial charge is 0.268 e. The molecule has 1 aromatic carbocycles. The summed E-state index contributed by atoms with van der Waals surface area (Å²) >= 11 is 0. The molecule has 0 radical (unpaired) electrons.